The Balaban J connectivity index is 2.47. The molecule has 0 saturated carbocycles. The van der Waals surface area contributed by atoms with E-state index in [-0.39, 0.29) is 0 Å². The average Bonchev–Trinajstić information content (AvgIpc) is 2.78. The highest BCUT2D eigenvalue weighted by atomic mass is 14.8. The zero-order valence-electron chi connectivity index (χ0n) is 13.0. The molecule has 0 radical (unpaired) electrons. The maximum absolute atomic E-state index is 3.51. The number of H-pyrrole nitrogens is 1. The van der Waals surface area contributed by atoms with Crippen LogP contribution in [-0.2, 0) is 6.42 Å². The molecule has 0 atom stereocenters. The summed E-state index contributed by atoms with van der Waals surface area (Å²) in [6, 6.07) is 0. The summed E-state index contributed by atoms with van der Waals surface area (Å²) in [6.07, 6.45) is 4.43. The van der Waals surface area contributed by atoms with E-state index in [1.165, 1.54) is 45.1 Å². The van der Waals surface area contributed by atoms with Crippen molar-refractivity contribution in [3.05, 3.63) is 39.4 Å². The van der Waals surface area contributed by atoms with Gasteiger partial charge >= 0.3 is 0 Å². The van der Waals surface area contributed by atoms with E-state index in [4.69, 9.17) is 0 Å². The van der Waals surface area contributed by atoms with Gasteiger partial charge in [-0.25, -0.2) is 4.99 Å². The number of rotatable bonds is 3. The highest BCUT2D eigenvalue weighted by Crippen LogP contribution is 2.23. The number of aromatic nitrogens is 1. The van der Waals surface area contributed by atoms with Crippen molar-refractivity contribution in [3.63, 3.8) is 0 Å². The summed E-state index contributed by atoms with van der Waals surface area (Å²) in [5, 5.41) is 0. The van der Waals surface area contributed by atoms with E-state index in [0.29, 0.717) is 0 Å². The summed E-state index contributed by atoms with van der Waals surface area (Å²) in [7, 11) is 0. The number of aromatic amines is 1. The molecule has 102 valence electrons. The van der Waals surface area contributed by atoms with Gasteiger partial charge in [0, 0.05) is 35.5 Å². The van der Waals surface area contributed by atoms with Crippen molar-refractivity contribution in [1.29, 1.82) is 0 Å². The lowest BCUT2D eigenvalue weighted by Gasteiger charge is -1.96. The van der Waals surface area contributed by atoms with Crippen LogP contribution in [-0.4, -0.2) is 10.7 Å². The molecule has 0 spiro atoms. The Morgan fingerprint density at radius 3 is 2.21 bits per heavy atom. The van der Waals surface area contributed by atoms with Crippen LogP contribution in [0.3, 0.4) is 0 Å². The second-order valence-electron chi connectivity index (χ2n) is 5.39. The summed E-state index contributed by atoms with van der Waals surface area (Å²) in [6.45, 7) is 13.2. The van der Waals surface area contributed by atoms with Crippen LogP contribution in [0, 0.1) is 13.8 Å². The van der Waals surface area contributed by atoms with Crippen LogP contribution in [0.15, 0.2) is 16.8 Å². The van der Waals surface area contributed by atoms with Crippen LogP contribution in [0.25, 0.3) is 6.08 Å². The van der Waals surface area contributed by atoms with E-state index in [1.807, 2.05) is 0 Å². The molecule has 1 aromatic heterocycles. The molecule has 0 unspecified atom stereocenters. The predicted molar refractivity (Wildman–Crippen MR) is 82.3 cm³/mol. The van der Waals surface area contributed by atoms with E-state index in [0.717, 1.165) is 12.8 Å². The third-order valence-electron chi connectivity index (χ3n) is 4.26. The molecule has 0 amide bonds. The van der Waals surface area contributed by atoms with E-state index in [2.05, 4.69) is 57.6 Å². The molecule has 2 rings (SSSR count). The van der Waals surface area contributed by atoms with Gasteiger partial charge in [-0.05, 0) is 44.7 Å². The van der Waals surface area contributed by atoms with Crippen molar-refractivity contribution in [2.45, 2.75) is 54.4 Å². The summed E-state index contributed by atoms with van der Waals surface area (Å²) in [5.74, 6) is 0. The van der Waals surface area contributed by atoms with Crippen molar-refractivity contribution >= 4 is 11.8 Å². The Morgan fingerprint density at radius 1 is 1.05 bits per heavy atom. The van der Waals surface area contributed by atoms with E-state index >= 15 is 0 Å². The molecule has 1 aliphatic rings. The van der Waals surface area contributed by atoms with Gasteiger partial charge in [0.05, 0.1) is 0 Å². The fourth-order valence-corrected chi connectivity index (χ4v) is 3.12. The first kappa shape index (κ1) is 13.9. The lowest BCUT2D eigenvalue weighted by Crippen LogP contribution is -2.67. The number of hydrogen-bond acceptors (Lipinski definition) is 0. The summed E-state index contributed by atoms with van der Waals surface area (Å²) in [5.41, 5.74) is 10.7. The number of aryl methyl sites for hydroxylation is 1. The Hall–Kier alpha value is -1.57. The van der Waals surface area contributed by atoms with Crippen molar-refractivity contribution in [2.75, 3.05) is 0 Å². The van der Waals surface area contributed by atoms with Crippen LogP contribution in [0.4, 0.5) is 0 Å². The zero-order chi connectivity index (χ0) is 14.2. The molecular formula is C17H25N2+. The van der Waals surface area contributed by atoms with Crippen LogP contribution in [0.1, 0.15) is 56.6 Å². The minimum atomic E-state index is 1.09. The highest BCUT2D eigenvalue weighted by molar-refractivity contribution is 5.97. The second-order valence-corrected chi connectivity index (χ2v) is 5.39. The first-order valence-corrected chi connectivity index (χ1v) is 7.20. The SMILES string of the molecule is CCC1=C(C)/C(=C/c2[nH]c(C)c(CC)c2C)[NH+]=C1C. The van der Waals surface area contributed by atoms with Gasteiger partial charge < -0.3 is 4.98 Å². The lowest BCUT2D eigenvalue weighted by molar-refractivity contribution is -0.386. The topological polar surface area (TPSA) is 29.8 Å². The van der Waals surface area contributed by atoms with Gasteiger partial charge in [-0.15, -0.1) is 0 Å². The Kier molecular flexibility index (Phi) is 3.79. The second kappa shape index (κ2) is 5.20. The van der Waals surface area contributed by atoms with Gasteiger partial charge in [-0.3, -0.25) is 0 Å². The van der Waals surface area contributed by atoms with Crippen LogP contribution in [0.2, 0.25) is 0 Å². The molecular weight excluding hydrogens is 232 g/mol. The molecule has 2 N–H and O–H groups in total. The summed E-state index contributed by atoms with van der Waals surface area (Å²) in [4.78, 5) is 7.02. The molecule has 2 heteroatoms. The molecule has 0 bridgehead atoms. The van der Waals surface area contributed by atoms with Crippen LogP contribution < -0.4 is 4.99 Å². The van der Waals surface area contributed by atoms with Crippen LogP contribution in [0.5, 0.6) is 0 Å². The maximum atomic E-state index is 3.51. The molecule has 2 heterocycles. The van der Waals surface area contributed by atoms with Crippen molar-refractivity contribution in [3.8, 4) is 0 Å². The molecule has 2 nitrogen and oxygen atoms in total. The highest BCUT2D eigenvalue weighted by Gasteiger charge is 2.23. The maximum Gasteiger partial charge on any atom is 0.209 e. The van der Waals surface area contributed by atoms with Gasteiger partial charge in [0.2, 0.25) is 5.70 Å². The zero-order valence-corrected chi connectivity index (χ0v) is 13.0. The van der Waals surface area contributed by atoms with Crippen molar-refractivity contribution in [1.82, 2.24) is 4.98 Å². The van der Waals surface area contributed by atoms with E-state index in [9.17, 15) is 0 Å². The molecule has 0 fully saturated rings. The van der Waals surface area contributed by atoms with Gasteiger partial charge in [0.25, 0.3) is 0 Å². The normalized spacial score (nSPS) is 17.6. The van der Waals surface area contributed by atoms with E-state index in [1.54, 1.807) is 0 Å². The molecule has 1 aliphatic heterocycles. The van der Waals surface area contributed by atoms with E-state index < -0.39 is 0 Å². The fourth-order valence-electron chi connectivity index (χ4n) is 3.12. The number of hydrogen-bond donors (Lipinski definition) is 2. The monoisotopic (exact) mass is 257 g/mol. The largest absolute Gasteiger partial charge is 0.358 e. The summed E-state index contributed by atoms with van der Waals surface area (Å²) >= 11 is 0. The molecule has 19 heavy (non-hydrogen) atoms. The van der Waals surface area contributed by atoms with Gasteiger partial charge in [-0.2, -0.15) is 0 Å². The first-order valence-electron chi connectivity index (χ1n) is 7.20. The lowest BCUT2D eigenvalue weighted by atomic mass is 10.0. The van der Waals surface area contributed by atoms with Gasteiger partial charge in [0.1, 0.15) is 0 Å². The minimum absolute atomic E-state index is 1.09. The molecule has 0 aromatic carbocycles. The summed E-state index contributed by atoms with van der Waals surface area (Å²) < 4.78 is 0. The number of nitrogens with one attached hydrogen (secondary N) is 2. The molecule has 1 aromatic rings. The smallest absolute Gasteiger partial charge is 0.209 e. The van der Waals surface area contributed by atoms with Gasteiger partial charge in [0.15, 0.2) is 5.71 Å². The molecule has 0 saturated heterocycles. The first-order chi connectivity index (χ1) is 8.99. The standard InChI is InChI=1S/C17H24N2/c1-7-14-10(3)16(18-12(14)5)9-17-11(4)15(8-2)13(6)19-17/h9,18H,7-8H2,1-6H3/p+1/b17-9-. The minimum Gasteiger partial charge on any atom is -0.358 e. The number of allylic oxidation sites excluding steroid dienone is 2. The van der Waals surface area contributed by atoms with Crippen molar-refractivity contribution < 1.29 is 4.99 Å². The fraction of sp³-hybridized carbons (Fsp3) is 0.471. The molecule has 0 aliphatic carbocycles. The Morgan fingerprint density at radius 2 is 1.74 bits per heavy atom. The quantitative estimate of drug-likeness (QED) is 0.834. The third kappa shape index (κ3) is 2.32. The third-order valence-corrected chi connectivity index (χ3v) is 4.26. The average molecular weight is 257 g/mol. The van der Waals surface area contributed by atoms with Crippen LogP contribution >= 0.6 is 0 Å². The Bertz CT molecular complexity index is 595. The Labute approximate surface area is 116 Å². The van der Waals surface area contributed by atoms with Crippen molar-refractivity contribution in [2.24, 2.45) is 0 Å². The predicted octanol–water partition coefficient (Wildman–Crippen LogP) is 2.82. The van der Waals surface area contributed by atoms with Gasteiger partial charge in [-0.1, -0.05) is 13.8 Å².